The van der Waals surface area contributed by atoms with Gasteiger partial charge in [0, 0.05) is 13.0 Å². The van der Waals surface area contributed by atoms with Gasteiger partial charge in [0.2, 0.25) is 10.0 Å². The minimum Gasteiger partial charge on any atom is -0.263 e. The lowest BCUT2D eigenvalue weighted by Crippen LogP contribution is -2.26. The third-order valence-electron chi connectivity index (χ3n) is 2.76. The van der Waals surface area contributed by atoms with E-state index in [4.69, 9.17) is 0 Å². The van der Waals surface area contributed by atoms with Crippen LogP contribution in [0, 0.1) is 0 Å². The van der Waals surface area contributed by atoms with Crippen LogP contribution in [-0.2, 0) is 22.9 Å². The van der Waals surface area contributed by atoms with E-state index >= 15 is 0 Å². The quantitative estimate of drug-likeness (QED) is 0.822. The minimum atomic E-state index is -3.45. The zero-order chi connectivity index (χ0) is 13.7. The number of H-pyrrole nitrogens is 1. The van der Waals surface area contributed by atoms with Crippen molar-refractivity contribution in [3.8, 4) is 0 Å². The van der Waals surface area contributed by atoms with Gasteiger partial charge in [-0.2, -0.15) is 5.10 Å². The lowest BCUT2D eigenvalue weighted by molar-refractivity contribution is 0.581. The van der Waals surface area contributed by atoms with E-state index in [2.05, 4.69) is 19.9 Å². The van der Waals surface area contributed by atoms with Crippen LogP contribution in [0.1, 0.15) is 18.3 Å². The van der Waals surface area contributed by atoms with Crippen LogP contribution in [0.5, 0.6) is 0 Å². The zero-order valence-electron chi connectivity index (χ0n) is 10.6. The Morgan fingerprint density at radius 1 is 1.26 bits per heavy atom. The van der Waals surface area contributed by atoms with Crippen molar-refractivity contribution in [3.05, 3.63) is 42.0 Å². The maximum atomic E-state index is 12.0. The van der Waals surface area contributed by atoms with Crippen molar-refractivity contribution in [2.24, 2.45) is 0 Å². The van der Waals surface area contributed by atoms with E-state index in [0.29, 0.717) is 12.2 Å². The number of hydrogen-bond donors (Lipinski definition) is 2. The normalized spacial score (nSPS) is 11.6. The number of aryl methyl sites for hydroxylation is 1. The maximum Gasteiger partial charge on any atom is 0.240 e. The molecule has 19 heavy (non-hydrogen) atoms. The van der Waals surface area contributed by atoms with E-state index in [0.717, 1.165) is 12.0 Å². The van der Waals surface area contributed by atoms with Gasteiger partial charge in [-0.3, -0.25) is 5.10 Å². The fraction of sp³-hybridized carbons (Fsp3) is 0.333. The molecule has 0 saturated heterocycles. The summed E-state index contributed by atoms with van der Waals surface area (Å²) in [5.74, 6) is 0.657. The Labute approximate surface area is 112 Å². The Morgan fingerprint density at radius 3 is 2.58 bits per heavy atom. The molecule has 0 aliphatic rings. The number of aromatic amines is 1. The number of hydrogen-bond acceptors (Lipinski definition) is 4. The summed E-state index contributed by atoms with van der Waals surface area (Å²) in [6.07, 6.45) is 2.76. The molecule has 2 N–H and O–H groups in total. The van der Waals surface area contributed by atoms with Gasteiger partial charge in [0.25, 0.3) is 0 Å². The first-order valence-electron chi connectivity index (χ1n) is 6.04. The fourth-order valence-electron chi connectivity index (χ4n) is 1.64. The number of rotatable bonds is 6. The summed E-state index contributed by atoms with van der Waals surface area (Å²) in [6.45, 7) is 2.31. The van der Waals surface area contributed by atoms with Gasteiger partial charge >= 0.3 is 0 Å². The van der Waals surface area contributed by atoms with Crippen molar-refractivity contribution in [2.45, 2.75) is 24.7 Å². The van der Waals surface area contributed by atoms with Gasteiger partial charge in [0.1, 0.15) is 12.2 Å². The van der Waals surface area contributed by atoms with E-state index in [1.165, 1.54) is 6.33 Å². The van der Waals surface area contributed by atoms with Crippen molar-refractivity contribution >= 4 is 10.0 Å². The average Bonchev–Trinajstić information content (AvgIpc) is 2.92. The van der Waals surface area contributed by atoms with Gasteiger partial charge in [-0.05, 0) is 24.1 Å². The number of benzene rings is 1. The number of aromatic nitrogens is 3. The van der Waals surface area contributed by atoms with Crippen molar-refractivity contribution in [1.29, 1.82) is 0 Å². The largest absolute Gasteiger partial charge is 0.263 e. The molecule has 7 heteroatoms. The summed E-state index contributed by atoms with van der Waals surface area (Å²) in [6, 6.07) is 6.89. The smallest absolute Gasteiger partial charge is 0.240 e. The summed E-state index contributed by atoms with van der Waals surface area (Å²) < 4.78 is 26.5. The third-order valence-corrected chi connectivity index (χ3v) is 4.24. The molecule has 2 aromatic rings. The van der Waals surface area contributed by atoms with Crippen LogP contribution in [0.4, 0.5) is 0 Å². The van der Waals surface area contributed by atoms with Crippen molar-refractivity contribution in [3.63, 3.8) is 0 Å². The molecule has 0 radical (unpaired) electrons. The molecule has 0 amide bonds. The molecule has 0 aliphatic heterocycles. The lowest BCUT2D eigenvalue weighted by atomic mass is 10.2. The van der Waals surface area contributed by atoms with Gasteiger partial charge in [0.05, 0.1) is 4.90 Å². The highest BCUT2D eigenvalue weighted by Gasteiger charge is 2.13. The number of nitrogens with zero attached hydrogens (tertiary/aromatic N) is 2. The molecular formula is C12H16N4O2S. The molecule has 0 saturated carbocycles. The van der Waals surface area contributed by atoms with E-state index in [9.17, 15) is 8.42 Å². The molecule has 1 aromatic carbocycles. The summed E-state index contributed by atoms with van der Waals surface area (Å²) in [5, 5.41) is 6.38. The second-order valence-electron chi connectivity index (χ2n) is 4.08. The van der Waals surface area contributed by atoms with Crippen LogP contribution in [0.3, 0.4) is 0 Å². The third kappa shape index (κ3) is 3.62. The molecular weight excluding hydrogens is 264 g/mol. The molecule has 1 aromatic heterocycles. The monoisotopic (exact) mass is 280 g/mol. The van der Waals surface area contributed by atoms with Crippen LogP contribution < -0.4 is 4.72 Å². The SMILES string of the molecule is CCc1ccc(S(=O)(=O)NCCc2ncn[nH]2)cc1. The Balaban J connectivity index is 1.97. The zero-order valence-corrected chi connectivity index (χ0v) is 11.4. The second kappa shape index (κ2) is 5.94. The number of nitrogens with one attached hydrogen (secondary N) is 2. The topological polar surface area (TPSA) is 87.7 Å². The Bertz CT molecular complexity index is 606. The standard InChI is InChI=1S/C12H16N4O2S/c1-2-10-3-5-11(6-4-10)19(17,18)15-8-7-12-13-9-14-16-12/h3-6,9,15H,2,7-8H2,1H3,(H,13,14,16). The molecule has 0 spiro atoms. The predicted molar refractivity (Wildman–Crippen MR) is 71.1 cm³/mol. The highest BCUT2D eigenvalue weighted by molar-refractivity contribution is 7.89. The van der Waals surface area contributed by atoms with Crippen LogP contribution >= 0.6 is 0 Å². The first-order valence-corrected chi connectivity index (χ1v) is 7.53. The first-order chi connectivity index (χ1) is 9.12. The Morgan fingerprint density at radius 2 is 2.00 bits per heavy atom. The van der Waals surface area contributed by atoms with Gasteiger partial charge in [0.15, 0.2) is 0 Å². The predicted octanol–water partition coefficient (Wildman–Crippen LogP) is 0.888. The second-order valence-corrected chi connectivity index (χ2v) is 5.84. The van der Waals surface area contributed by atoms with Crippen molar-refractivity contribution in [1.82, 2.24) is 19.9 Å². The highest BCUT2D eigenvalue weighted by atomic mass is 32.2. The lowest BCUT2D eigenvalue weighted by Gasteiger charge is -2.06. The molecule has 2 rings (SSSR count). The van der Waals surface area contributed by atoms with E-state index in [1.54, 1.807) is 12.1 Å². The van der Waals surface area contributed by atoms with E-state index in [1.807, 2.05) is 19.1 Å². The molecule has 0 aliphatic carbocycles. The van der Waals surface area contributed by atoms with Crippen LogP contribution in [0.15, 0.2) is 35.5 Å². The van der Waals surface area contributed by atoms with Gasteiger partial charge < -0.3 is 0 Å². The molecule has 102 valence electrons. The molecule has 0 atom stereocenters. The summed E-state index contributed by atoms with van der Waals surface area (Å²) in [5.41, 5.74) is 1.11. The van der Waals surface area contributed by atoms with Crippen LogP contribution in [0.25, 0.3) is 0 Å². The van der Waals surface area contributed by atoms with Gasteiger partial charge in [-0.25, -0.2) is 18.1 Å². The Hall–Kier alpha value is -1.73. The molecule has 0 bridgehead atoms. The maximum absolute atomic E-state index is 12.0. The Kier molecular flexibility index (Phi) is 4.28. The van der Waals surface area contributed by atoms with Crippen LogP contribution in [0.2, 0.25) is 0 Å². The summed E-state index contributed by atoms with van der Waals surface area (Å²) in [4.78, 5) is 4.21. The van der Waals surface area contributed by atoms with Crippen LogP contribution in [-0.4, -0.2) is 30.1 Å². The first kappa shape index (κ1) is 13.7. The summed E-state index contributed by atoms with van der Waals surface area (Å²) >= 11 is 0. The summed E-state index contributed by atoms with van der Waals surface area (Å²) in [7, 11) is -3.45. The average molecular weight is 280 g/mol. The minimum absolute atomic E-state index is 0.280. The molecule has 6 nitrogen and oxygen atoms in total. The molecule has 0 fully saturated rings. The van der Waals surface area contributed by atoms with E-state index in [-0.39, 0.29) is 11.4 Å². The van der Waals surface area contributed by atoms with E-state index < -0.39 is 10.0 Å². The molecule has 1 heterocycles. The highest BCUT2D eigenvalue weighted by Crippen LogP contribution is 2.10. The molecule has 0 unspecified atom stereocenters. The van der Waals surface area contributed by atoms with Gasteiger partial charge in [-0.1, -0.05) is 19.1 Å². The van der Waals surface area contributed by atoms with Gasteiger partial charge in [-0.15, -0.1) is 0 Å². The van der Waals surface area contributed by atoms with Crippen molar-refractivity contribution < 1.29 is 8.42 Å². The fourth-order valence-corrected chi connectivity index (χ4v) is 2.67. The van der Waals surface area contributed by atoms with Crippen molar-refractivity contribution in [2.75, 3.05) is 6.54 Å². The number of sulfonamides is 1.